The molecule has 1 aliphatic heterocycles. The number of aliphatic imine (C=N–C) groups is 1. The van der Waals surface area contributed by atoms with Crippen LogP contribution < -0.4 is 16.8 Å². The lowest BCUT2D eigenvalue weighted by Crippen LogP contribution is -2.52. The van der Waals surface area contributed by atoms with E-state index in [1.165, 1.54) is 83.5 Å². The van der Waals surface area contributed by atoms with E-state index in [0.717, 1.165) is 25.3 Å². The molecule has 5 N–H and O–H groups in total. The lowest BCUT2D eigenvalue weighted by Gasteiger charge is -2.34. The van der Waals surface area contributed by atoms with Gasteiger partial charge in [-0.1, -0.05) is 70.4 Å². The van der Waals surface area contributed by atoms with Gasteiger partial charge in [0.05, 0.1) is 12.4 Å². The molecule has 0 atom stereocenters. The first kappa shape index (κ1) is 24.2. The second kappa shape index (κ2) is 16.1. The standard InChI is InChI=1S/C23H46N4/c1-2-3-4-5-6-7-8-9-10-11-12-13-14-15-16-17-22-26-20-23(18-24,19-25)21-27-22/h9-10H,2-8,11-21,24-25H2,1H3,(H,26,27)/b10-9-. The highest BCUT2D eigenvalue weighted by molar-refractivity contribution is 5.82. The number of hydrogen-bond donors (Lipinski definition) is 3. The van der Waals surface area contributed by atoms with Crippen molar-refractivity contribution in [3.05, 3.63) is 12.2 Å². The topological polar surface area (TPSA) is 76.4 Å². The Labute approximate surface area is 168 Å². The maximum Gasteiger partial charge on any atom is 0.0963 e. The Morgan fingerprint density at radius 1 is 0.852 bits per heavy atom. The van der Waals surface area contributed by atoms with Crippen LogP contribution in [0.25, 0.3) is 0 Å². The molecular formula is C23H46N4. The van der Waals surface area contributed by atoms with Crippen molar-refractivity contribution in [1.82, 2.24) is 5.32 Å². The van der Waals surface area contributed by atoms with Crippen LogP contribution >= 0.6 is 0 Å². The summed E-state index contributed by atoms with van der Waals surface area (Å²) in [5.41, 5.74) is 11.7. The predicted octanol–water partition coefficient (Wildman–Crippen LogP) is 4.93. The van der Waals surface area contributed by atoms with E-state index in [0.29, 0.717) is 13.1 Å². The molecule has 27 heavy (non-hydrogen) atoms. The van der Waals surface area contributed by atoms with Gasteiger partial charge in [0.2, 0.25) is 0 Å². The van der Waals surface area contributed by atoms with E-state index in [9.17, 15) is 0 Å². The van der Waals surface area contributed by atoms with Gasteiger partial charge in [0, 0.05) is 31.5 Å². The molecule has 0 bridgehead atoms. The smallest absolute Gasteiger partial charge is 0.0963 e. The van der Waals surface area contributed by atoms with Crippen LogP contribution in [0.15, 0.2) is 17.1 Å². The van der Waals surface area contributed by atoms with Gasteiger partial charge in [-0.2, -0.15) is 0 Å². The third kappa shape index (κ3) is 11.5. The van der Waals surface area contributed by atoms with Gasteiger partial charge >= 0.3 is 0 Å². The molecule has 0 spiro atoms. The van der Waals surface area contributed by atoms with Crippen LogP contribution in [0.5, 0.6) is 0 Å². The lowest BCUT2D eigenvalue weighted by atomic mass is 9.87. The molecule has 4 nitrogen and oxygen atoms in total. The summed E-state index contributed by atoms with van der Waals surface area (Å²) in [6, 6.07) is 0. The van der Waals surface area contributed by atoms with Crippen molar-refractivity contribution in [2.24, 2.45) is 21.9 Å². The summed E-state index contributed by atoms with van der Waals surface area (Å²) in [4.78, 5) is 4.66. The molecule has 0 saturated heterocycles. The molecule has 158 valence electrons. The van der Waals surface area contributed by atoms with Crippen LogP contribution in [0.3, 0.4) is 0 Å². The summed E-state index contributed by atoms with van der Waals surface area (Å²) in [6.07, 6.45) is 23.3. The van der Waals surface area contributed by atoms with E-state index in [2.05, 4.69) is 29.4 Å². The van der Waals surface area contributed by atoms with Crippen LogP contribution in [0.1, 0.15) is 96.8 Å². The molecule has 0 radical (unpaired) electrons. The number of allylic oxidation sites excluding steroid dienone is 2. The fourth-order valence-electron chi connectivity index (χ4n) is 3.55. The molecular weight excluding hydrogens is 332 g/mol. The van der Waals surface area contributed by atoms with Crippen molar-refractivity contribution in [2.45, 2.75) is 96.8 Å². The number of nitrogens with two attached hydrogens (primary N) is 2. The highest BCUT2D eigenvalue weighted by Gasteiger charge is 2.29. The number of hydrogen-bond acceptors (Lipinski definition) is 4. The molecule has 0 saturated carbocycles. The molecule has 0 unspecified atom stereocenters. The molecule has 1 heterocycles. The van der Waals surface area contributed by atoms with E-state index in [-0.39, 0.29) is 5.41 Å². The minimum atomic E-state index is -0.0218. The average Bonchev–Trinajstić information content (AvgIpc) is 2.71. The average molecular weight is 379 g/mol. The van der Waals surface area contributed by atoms with Crippen molar-refractivity contribution in [3.8, 4) is 0 Å². The van der Waals surface area contributed by atoms with Crippen LogP contribution in [-0.2, 0) is 0 Å². The third-order valence-corrected chi connectivity index (χ3v) is 5.81. The second-order valence-electron chi connectivity index (χ2n) is 8.36. The zero-order chi connectivity index (χ0) is 19.6. The Morgan fingerprint density at radius 3 is 1.93 bits per heavy atom. The molecule has 0 aromatic carbocycles. The lowest BCUT2D eigenvalue weighted by molar-refractivity contribution is 0.307. The summed E-state index contributed by atoms with van der Waals surface area (Å²) in [7, 11) is 0. The summed E-state index contributed by atoms with van der Waals surface area (Å²) in [6.45, 7) is 5.17. The number of nitrogens with one attached hydrogen (secondary N) is 1. The van der Waals surface area contributed by atoms with Crippen LogP contribution in [0.4, 0.5) is 0 Å². The highest BCUT2D eigenvalue weighted by atomic mass is 15.1. The Kier molecular flexibility index (Phi) is 14.4. The molecule has 1 aliphatic rings. The maximum atomic E-state index is 5.84. The number of nitrogens with zero attached hydrogens (tertiary/aromatic N) is 1. The summed E-state index contributed by atoms with van der Waals surface area (Å²) in [5.74, 6) is 1.16. The Balaban J connectivity index is 1.88. The van der Waals surface area contributed by atoms with Gasteiger partial charge in [0.25, 0.3) is 0 Å². The number of rotatable bonds is 17. The second-order valence-corrected chi connectivity index (χ2v) is 8.36. The van der Waals surface area contributed by atoms with Crippen molar-refractivity contribution >= 4 is 5.84 Å². The number of unbranched alkanes of at least 4 members (excludes halogenated alkanes) is 11. The Bertz CT molecular complexity index is 399. The SMILES string of the molecule is CCCCCCCC/C=C\CCCCCCCC1=NCC(CN)(CN)CN1. The van der Waals surface area contributed by atoms with Gasteiger partial charge in [0.15, 0.2) is 0 Å². The van der Waals surface area contributed by atoms with E-state index < -0.39 is 0 Å². The molecule has 0 fully saturated rings. The molecule has 0 aromatic heterocycles. The molecule has 0 aliphatic carbocycles. The normalized spacial score (nSPS) is 16.5. The van der Waals surface area contributed by atoms with E-state index in [4.69, 9.17) is 11.5 Å². The first-order valence-electron chi connectivity index (χ1n) is 11.6. The van der Waals surface area contributed by atoms with E-state index >= 15 is 0 Å². The van der Waals surface area contributed by atoms with Crippen molar-refractivity contribution in [2.75, 3.05) is 26.2 Å². The molecule has 0 amide bonds. The largest absolute Gasteiger partial charge is 0.373 e. The minimum absolute atomic E-state index is 0.0218. The zero-order valence-electron chi connectivity index (χ0n) is 18.0. The van der Waals surface area contributed by atoms with Crippen LogP contribution in [0, 0.1) is 5.41 Å². The fourth-order valence-corrected chi connectivity index (χ4v) is 3.55. The van der Waals surface area contributed by atoms with Gasteiger partial charge in [-0.25, -0.2) is 0 Å². The van der Waals surface area contributed by atoms with Crippen LogP contribution in [0.2, 0.25) is 0 Å². The molecule has 1 rings (SSSR count). The van der Waals surface area contributed by atoms with Gasteiger partial charge < -0.3 is 16.8 Å². The summed E-state index contributed by atoms with van der Waals surface area (Å²) < 4.78 is 0. The van der Waals surface area contributed by atoms with Crippen molar-refractivity contribution in [1.29, 1.82) is 0 Å². The fraction of sp³-hybridized carbons (Fsp3) is 0.870. The zero-order valence-corrected chi connectivity index (χ0v) is 18.0. The van der Waals surface area contributed by atoms with E-state index in [1.807, 2.05) is 0 Å². The monoisotopic (exact) mass is 378 g/mol. The van der Waals surface area contributed by atoms with Gasteiger partial charge in [-0.15, -0.1) is 0 Å². The quantitative estimate of drug-likeness (QED) is 0.248. The summed E-state index contributed by atoms with van der Waals surface area (Å²) in [5, 5.41) is 3.44. The molecule has 0 aromatic rings. The first-order chi connectivity index (χ1) is 13.3. The van der Waals surface area contributed by atoms with Gasteiger partial charge in [0.1, 0.15) is 0 Å². The predicted molar refractivity (Wildman–Crippen MR) is 120 cm³/mol. The summed E-state index contributed by atoms with van der Waals surface area (Å²) >= 11 is 0. The minimum Gasteiger partial charge on any atom is -0.373 e. The molecule has 4 heteroatoms. The highest BCUT2D eigenvalue weighted by Crippen LogP contribution is 2.17. The first-order valence-corrected chi connectivity index (χ1v) is 11.6. The van der Waals surface area contributed by atoms with Gasteiger partial charge in [-0.05, 0) is 32.1 Å². The van der Waals surface area contributed by atoms with Crippen molar-refractivity contribution < 1.29 is 0 Å². The van der Waals surface area contributed by atoms with Gasteiger partial charge in [-0.3, -0.25) is 4.99 Å². The van der Waals surface area contributed by atoms with Crippen LogP contribution in [-0.4, -0.2) is 32.0 Å². The Hall–Kier alpha value is -0.870. The van der Waals surface area contributed by atoms with E-state index in [1.54, 1.807) is 0 Å². The van der Waals surface area contributed by atoms with Crippen molar-refractivity contribution in [3.63, 3.8) is 0 Å². The maximum absolute atomic E-state index is 5.84. The Morgan fingerprint density at radius 2 is 1.41 bits per heavy atom. The third-order valence-electron chi connectivity index (χ3n) is 5.81. The number of amidine groups is 1.